The van der Waals surface area contributed by atoms with Gasteiger partial charge >= 0.3 is 0 Å². The van der Waals surface area contributed by atoms with Crippen molar-refractivity contribution in [2.45, 2.75) is 18.7 Å². The number of benzene rings is 1. The third kappa shape index (κ3) is 4.23. The number of alkyl halides is 1. The smallest absolute Gasteiger partial charge is 0.146 e. The van der Waals surface area contributed by atoms with Crippen molar-refractivity contribution in [2.24, 2.45) is 0 Å². The Labute approximate surface area is 155 Å². The second-order valence-electron chi connectivity index (χ2n) is 5.79. The van der Waals surface area contributed by atoms with E-state index in [0.29, 0.717) is 13.1 Å². The molecular formula is C18H20FIN2O2. The van der Waals surface area contributed by atoms with E-state index in [1.165, 1.54) is 12.7 Å². The summed E-state index contributed by atoms with van der Waals surface area (Å²) in [4.78, 5) is 6.70. The van der Waals surface area contributed by atoms with E-state index in [-0.39, 0.29) is 6.79 Å². The van der Waals surface area contributed by atoms with Crippen LogP contribution < -0.4 is 4.90 Å². The van der Waals surface area contributed by atoms with E-state index in [1.807, 2.05) is 35.2 Å². The van der Waals surface area contributed by atoms with Crippen molar-refractivity contribution in [3.8, 4) is 0 Å². The molecule has 0 radical (unpaired) electrons. The Morgan fingerprint density at radius 2 is 2.00 bits per heavy atom. The van der Waals surface area contributed by atoms with Gasteiger partial charge in [-0.3, -0.25) is 0 Å². The number of anilines is 1. The number of nitrogens with zero attached hydrogens (tertiary/aromatic N) is 2. The zero-order chi connectivity index (χ0) is 16.9. The largest absolute Gasteiger partial charge is 0.359 e. The molecule has 3 rings (SSSR count). The molecule has 1 aliphatic heterocycles. The number of rotatable bonds is 6. The molecule has 2 heterocycles. The van der Waals surface area contributed by atoms with Crippen LogP contribution in [0.1, 0.15) is 11.3 Å². The molecule has 0 spiro atoms. The molecule has 0 unspecified atom stereocenters. The standard InChI is InChI=1S/C18H20FIN2O2/c1-23-12-24-17-11-22(10-14(17)19)18-8-7-15(20)16(21-18)9-13-5-3-2-4-6-13/h2-8,14,17H,9-12H2,1H3/t14-,17+/m0/s1. The van der Waals surface area contributed by atoms with E-state index < -0.39 is 12.3 Å². The third-order valence-corrected chi connectivity index (χ3v) is 5.02. The Hall–Kier alpha value is -1.25. The summed E-state index contributed by atoms with van der Waals surface area (Å²) < 4.78 is 25.5. The fourth-order valence-electron chi connectivity index (χ4n) is 2.80. The molecule has 6 heteroatoms. The topological polar surface area (TPSA) is 34.6 Å². The quantitative estimate of drug-likeness (QED) is 0.508. The minimum Gasteiger partial charge on any atom is -0.359 e. The van der Waals surface area contributed by atoms with E-state index in [4.69, 9.17) is 14.5 Å². The summed E-state index contributed by atoms with van der Waals surface area (Å²) in [5.74, 6) is 0.799. The van der Waals surface area contributed by atoms with Crippen LogP contribution in [0.2, 0.25) is 0 Å². The van der Waals surface area contributed by atoms with Crippen molar-refractivity contribution in [2.75, 3.05) is 31.9 Å². The van der Waals surface area contributed by atoms with E-state index >= 15 is 0 Å². The van der Waals surface area contributed by atoms with Crippen LogP contribution in [0.5, 0.6) is 0 Å². The van der Waals surface area contributed by atoms with Gasteiger partial charge in [0.25, 0.3) is 0 Å². The predicted octanol–water partition coefficient (Wildman–Crippen LogP) is 3.42. The molecule has 128 valence electrons. The predicted molar refractivity (Wildman–Crippen MR) is 100 cm³/mol. The van der Waals surface area contributed by atoms with Crippen molar-refractivity contribution < 1.29 is 13.9 Å². The lowest BCUT2D eigenvalue weighted by Gasteiger charge is -2.18. The molecule has 2 atom stereocenters. The Bertz CT molecular complexity index is 671. The number of halogens is 2. The van der Waals surface area contributed by atoms with Gasteiger partial charge in [0, 0.05) is 23.6 Å². The van der Waals surface area contributed by atoms with Crippen molar-refractivity contribution in [1.29, 1.82) is 0 Å². The molecular weight excluding hydrogens is 422 g/mol. The number of aromatic nitrogens is 1. The summed E-state index contributed by atoms with van der Waals surface area (Å²) in [5, 5.41) is 0. The Balaban J connectivity index is 1.74. The second-order valence-corrected chi connectivity index (χ2v) is 6.96. The molecule has 1 fully saturated rings. The molecule has 0 saturated carbocycles. The molecule has 0 aliphatic carbocycles. The Morgan fingerprint density at radius 1 is 1.21 bits per heavy atom. The minimum atomic E-state index is -1.03. The molecule has 4 nitrogen and oxygen atoms in total. The number of methoxy groups -OCH3 is 1. The van der Waals surface area contributed by atoms with Crippen molar-refractivity contribution in [3.05, 3.63) is 57.3 Å². The summed E-state index contributed by atoms with van der Waals surface area (Å²) >= 11 is 2.30. The van der Waals surface area contributed by atoms with Gasteiger partial charge in [0.05, 0.1) is 12.2 Å². The fourth-order valence-corrected chi connectivity index (χ4v) is 3.29. The average Bonchev–Trinajstić information content (AvgIpc) is 2.97. The first-order valence-corrected chi connectivity index (χ1v) is 8.94. The van der Waals surface area contributed by atoms with Gasteiger partial charge in [-0.1, -0.05) is 30.3 Å². The van der Waals surface area contributed by atoms with Gasteiger partial charge in [-0.25, -0.2) is 9.37 Å². The lowest BCUT2D eigenvalue weighted by atomic mass is 10.1. The average molecular weight is 442 g/mol. The maximum atomic E-state index is 14.1. The molecule has 2 aromatic rings. The summed E-state index contributed by atoms with van der Waals surface area (Å²) in [5.41, 5.74) is 2.22. The maximum absolute atomic E-state index is 14.1. The highest BCUT2D eigenvalue weighted by molar-refractivity contribution is 14.1. The van der Waals surface area contributed by atoms with Gasteiger partial charge < -0.3 is 14.4 Å². The van der Waals surface area contributed by atoms with E-state index in [0.717, 1.165) is 21.5 Å². The molecule has 0 N–H and O–H groups in total. The first-order valence-electron chi connectivity index (χ1n) is 7.86. The second kappa shape index (κ2) is 8.22. The van der Waals surface area contributed by atoms with Crippen LogP contribution >= 0.6 is 22.6 Å². The summed E-state index contributed by atoms with van der Waals surface area (Å²) in [6.07, 6.45) is -0.730. The monoisotopic (exact) mass is 442 g/mol. The van der Waals surface area contributed by atoms with Gasteiger partial charge in [-0.15, -0.1) is 0 Å². The minimum absolute atomic E-state index is 0.109. The first kappa shape index (κ1) is 17.6. The molecule has 1 aromatic carbocycles. The van der Waals surface area contributed by atoms with Gasteiger partial charge in [0.2, 0.25) is 0 Å². The SMILES string of the molecule is COCO[C@@H]1CN(c2ccc(I)c(Cc3ccccc3)n2)C[C@@H]1F. The Morgan fingerprint density at radius 3 is 2.75 bits per heavy atom. The molecule has 0 bridgehead atoms. The van der Waals surface area contributed by atoms with Crippen LogP contribution in [-0.4, -0.2) is 44.3 Å². The van der Waals surface area contributed by atoms with E-state index in [9.17, 15) is 4.39 Å². The molecule has 1 aliphatic rings. The van der Waals surface area contributed by atoms with Crippen molar-refractivity contribution in [3.63, 3.8) is 0 Å². The zero-order valence-corrected chi connectivity index (χ0v) is 15.6. The first-order chi connectivity index (χ1) is 11.7. The van der Waals surface area contributed by atoms with Crippen LogP contribution in [0.25, 0.3) is 0 Å². The summed E-state index contributed by atoms with van der Waals surface area (Å²) in [6, 6.07) is 14.2. The number of ether oxygens (including phenoxy) is 2. The van der Waals surface area contributed by atoms with E-state index in [2.05, 4.69) is 34.7 Å². The lowest BCUT2D eigenvalue weighted by Crippen LogP contribution is -2.25. The van der Waals surface area contributed by atoms with Crippen LogP contribution in [0.4, 0.5) is 10.2 Å². The highest BCUT2D eigenvalue weighted by atomic mass is 127. The molecule has 24 heavy (non-hydrogen) atoms. The number of pyridine rings is 1. The fraction of sp³-hybridized carbons (Fsp3) is 0.389. The van der Waals surface area contributed by atoms with Gasteiger partial charge in [-0.2, -0.15) is 0 Å². The summed E-state index contributed by atoms with van der Waals surface area (Å²) in [6.45, 7) is 0.897. The third-order valence-electron chi connectivity index (χ3n) is 4.04. The van der Waals surface area contributed by atoms with Gasteiger partial charge in [0.15, 0.2) is 0 Å². The maximum Gasteiger partial charge on any atom is 0.146 e. The summed E-state index contributed by atoms with van der Waals surface area (Å²) in [7, 11) is 1.54. The van der Waals surface area contributed by atoms with Crippen LogP contribution in [0, 0.1) is 3.57 Å². The van der Waals surface area contributed by atoms with Gasteiger partial charge in [-0.05, 0) is 40.3 Å². The van der Waals surface area contributed by atoms with Gasteiger partial charge in [0.1, 0.15) is 24.9 Å². The van der Waals surface area contributed by atoms with Crippen LogP contribution in [0.3, 0.4) is 0 Å². The highest BCUT2D eigenvalue weighted by Crippen LogP contribution is 2.25. The Kier molecular flexibility index (Phi) is 6.02. The molecule has 1 aromatic heterocycles. The van der Waals surface area contributed by atoms with Crippen molar-refractivity contribution in [1.82, 2.24) is 4.98 Å². The number of hydrogen-bond donors (Lipinski definition) is 0. The zero-order valence-electron chi connectivity index (χ0n) is 13.5. The normalized spacial score (nSPS) is 20.5. The van der Waals surface area contributed by atoms with Crippen LogP contribution in [-0.2, 0) is 15.9 Å². The number of hydrogen-bond acceptors (Lipinski definition) is 4. The van der Waals surface area contributed by atoms with E-state index in [1.54, 1.807) is 0 Å². The van der Waals surface area contributed by atoms with Crippen molar-refractivity contribution >= 4 is 28.4 Å². The molecule has 1 saturated heterocycles. The highest BCUT2D eigenvalue weighted by Gasteiger charge is 2.34. The van der Waals surface area contributed by atoms with Crippen LogP contribution in [0.15, 0.2) is 42.5 Å². The lowest BCUT2D eigenvalue weighted by molar-refractivity contribution is -0.0815. The molecule has 0 amide bonds.